The number of hydrogen-bond donors (Lipinski definition) is 1. The van der Waals surface area contributed by atoms with Crippen molar-refractivity contribution in [3.63, 3.8) is 0 Å². The van der Waals surface area contributed by atoms with Gasteiger partial charge in [-0.2, -0.15) is 0 Å². The molecule has 1 aliphatic rings. The van der Waals surface area contributed by atoms with Gasteiger partial charge in [0.2, 0.25) is 0 Å². The highest BCUT2D eigenvalue weighted by Gasteiger charge is 2.27. The lowest BCUT2D eigenvalue weighted by molar-refractivity contribution is 0.0632. The molecule has 0 bridgehead atoms. The zero-order chi connectivity index (χ0) is 17.7. The van der Waals surface area contributed by atoms with Crippen molar-refractivity contribution in [2.24, 2.45) is 0 Å². The fraction of sp³-hybridized carbons (Fsp3) is 0.533. The Kier molecular flexibility index (Phi) is 5.67. The van der Waals surface area contributed by atoms with Gasteiger partial charge in [-0.05, 0) is 13.8 Å². The first kappa shape index (κ1) is 17.6. The van der Waals surface area contributed by atoms with Crippen molar-refractivity contribution in [3.8, 4) is 0 Å². The molecule has 1 N–H and O–H groups in total. The normalized spacial score (nSPS) is 14.4. The van der Waals surface area contributed by atoms with Crippen molar-refractivity contribution < 1.29 is 19.5 Å². The molecule has 3 amide bonds. The van der Waals surface area contributed by atoms with Crippen LogP contribution in [0.1, 0.15) is 34.8 Å². The maximum Gasteiger partial charge on any atom is 0.356 e. The maximum atomic E-state index is 12.4. The van der Waals surface area contributed by atoms with E-state index in [4.69, 9.17) is 5.11 Å². The molecule has 0 spiro atoms. The summed E-state index contributed by atoms with van der Waals surface area (Å²) in [4.78, 5) is 48.0. The van der Waals surface area contributed by atoms with E-state index in [1.807, 2.05) is 13.8 Å². The van der Waals surface area contributed by atoms with E-state index in [1.165, 1.54) is 6.20 Å². The van der Waals surface area contributed by atoms with Gasteiger partial charge in [0, 0.05) is 39.3 Å². The number of carbonyl (C=O) groups excluding carboxylic acids is 2. The van der Waals surface area contributed by atoms with Crippen molar-refractivity contribution in [2.75, 3.05) is 39.3 Å². The molecule has 0 saturated carbocycles. The van der Waals surface area contributed by atoms with Gasteiger partial charge in [-0.3, -0.25) is 4.79 Å². The van der Waals surface area contributed by atoms with Crippen molar-refractivity contribution in [1.29, 1.82) is 0 Å². The summed E-state index contributed by atoms with van der Waals surface area (Å²) in [5.41, 5.74) is -0.107. The van der Waals surface area contributed by atoms with E-state index in [-0.39, 0.29) is 23.3 Å². The van der Waals surface area contributed by atoms with Gasteiger partial charge in [0.15, 0.2) is 5.69 Å². The first-order chi connectivity index (χ1) is 11.5. The summed E-state index contributed by atoms with van der Waals surface area (Å²) in [5, 5.41) is 8.79. The van der Waals surface area contributed by atoms with Gasteiger partial charge in [0.25, 0.3) is 5.91 Å². The van der Waals surface area contributed by atoms with Crippen LogP contribution in [-0.4, -0.2) is 87.0 Å². The minimum atomic E-state index is -1.19. The summed E-state index contributed by atoms with van der Waals surface area (Å²) >= 11 is 0. The number of carbonyl (C=O) groups is 3. The number of nitrogens with zero attached hydrogens (tertiary/aromatic N) is 5. The fourth-order valence-corrected chi connectivity index (χ4v) is 2.51. The average Bonchev–Trinajstić information content (AvgIpc) is 2.62. The van der Waals surface area contributed by atoms with Crippen LogP contribution in [0.5, 0.6) is 0 Å². The zero-order valence-corrected chi connectivity index (χ0v) is 13.8. The van der Waals surface area contributed by atoms with Crippen molar-refractivity contribution >= 4 is 17.9 Å². The Balaban J connectivity index is 1.95. The highest BCUT2D eigenvalue weighted by atomic mass is 16.4. The summed E-state index contributed by atoms with van der Waals surface area (Å²) in [6, 6.07) is -0.0160. The van der Waals surface area contributed by atoms with Gasteiger partial charge in [-0.25, -0.2) is 19.6 Å². The number of carboxylic acids is 1. The molecule has 130 valence electrons. The lowest BCUT2D eigenvalue weighted by Gasteiger charge is -2.37. The molecule has 0 unspecified atom stereocenters. The van der Waals surface area contributed by atoms with E-state index in [9.17, 15) is 14.4 Å². The third kappa shape index (κ3) is 3.79. The molecule has 1 aromatic rings. The molecule has 0 atom stereocenters. The molecule has 2 heterocycles. The van der Waals surface area contributed by atoms with Crippen LogP contribution in [0, 0.1) is 0 Å². The number of urea groups is 1. The highest BCUT2D eigenvalue weighted by Crippen LogP contribution is 2.09. The van der Waals surface area contributed by atoms with Crippen LogP contribution in [0.15, 0.2) is 12.4 Å². The molecule has 1 fully saturated rings. The second kappa shape index (κ2) is 7.71. The topological polar surface area (TPSA) is 107 Å². The molecular weight excluding hydrogens is 314 g/mol. The van der Waals surface area contributed by atoms with Crippen LogP contribution in [0.25, 0.3) is 0 Å². The Morgan fingerprint density at radius 2 is 1.50 bits per heavy atom. The summed E-state index contributed by atoms with van der Waals surface area (Å²) < 4.78 is 0. The van der Waals surface area contributed by atoms with Crippen LogP contribution < -0.4 is 0 Å². The van der Waals surface area contributed by atoms with Crippen LogP contribution >= 0.6 is 0 Å². The third-order valence-corrected chi connectivity index (χ3v) is 3.96. The molecular formula is C15H21N5O4. The summed E-state index contributed by atoms with van der Waals surface area (Å²) in [7, 11) is 0. The zero-order valence-electron chi connectivity index (χ0n) is 13.8. The number of aromatic carboxylic acids is 1. The molecule has 0 aliphatic carbocycles. The molecule has 0 aromatic carbocycles. The number of piperazine rings is 1. The van der Waals surface area contributed by atoms with Gasteiger partial charge >= 0.3 is 12.0 Å². The molecule has 1 aromatic heterocycles. The summed E-state index contributed by atoms with van der Waals surface area (Å²) in [5.74, 6) is -1.50. The maximum absolute atomic E-state index is 12.4. The van der Waals surface area contributed by atoms with E-state index in [2.05, 4.69) is 9.97 Å². The van der Waals surface area contributed by atoms with Crippen LogP contribution in [-0.2, 0) is 0 Å². The largest absolute Gasteiger partial charge is 0.476 e. The highest BCUT2D eigenvalue weighted by molar-refractivity contribution is 5.93. The van der Waals surface area contributed by atoms with Crippen molar-refractivity contribution in [2.45, 2.75) is 13.8 Å². The number of amides is 3. The average molecular weight is 335 g/mol. The predicted octanol–water partition coefficient (Wildman–Crippen LogP) is 0.394. The van der Waals surface area contributed by atoms with E-state index in [0.29, 0.717) is 39.3 Å². The molecule has 1 saturated heterocycles. The number of carboxylic acid groups (broad SMARTS) is 1. The quantitative estimate of drug-likeness (QED) is 0.853. The molecule has 0 radical (unpaired) electrons. The van der Waals surface area contributed by atoms with Crippen LogP contribution in [0.2, 0.25) is 0 Å². The Morgan fingerprint density at radius 3 is 1.96 bits per heavy atom. The Labute approximate surface area is 139 Å². The van der Waals surface area contributed by atoms with Gasteiger partial charge in [-0.1, -0.05) is 0 Å². The lowest BCUT2D eigenvalue weighted by atomic mass is 10.3. The van der Waals surface area contributed by atoms with E-state index >= 15 is 0 Å². The van der Waals surface area contributed by atoms with Gasteiger partial charge in [-0.15, -0.1) is 0 Å². The smallest absolute Gasteiger partial charge is 0.356 e. The predicted molar refractivity (Wildman–Crippen MR) is 84.8 cm³/mol. The van der Waals surface area contributed by atoms with Crippen LogP contribution in [0.3, 0.4) is 0 Å². The number of rotatable bonds is 4. The standard InChI is InChI=1S/C15H21N5O4/c1-3-18(4-2)15(24)20-7-5-19(6-8-20)13(21)11-9-17-12(10-16-11)14(22)23/h9-10H,3-8H2,1-2H3,(H,22,23). The van der Waals surface area contributed by atoms with Crippen molar-refractivity contribution in [3.05, 3.63) is 23.8 Å². The molecule has 24 heavy (non-hydrogen) atoms. The Morgan fingerprint density at radius 1 is 1.00 bits per heavy atom. The minimum absolute atomic E-state index is 0.0160. The lowest BCUT2D eigenvalue weighted by Crippen LogP contribution is -2.54. The second-order valence-corrected chi connectivity index (χ2v) is 5.33. The van der Waals surface area contributed by atoms with Crippen molar-refractivity contribution in [1.82, 2.24) is 24.7 Å². The Bertz CT molecular complexity index is 607. The summed E-state index contributed by atoms with van der Waals surface area (Å²) in [6.07, 6.45) is 2.23. The van der Waals surface area contributed by atoms with E-state index in [0.717, 1.165) is 6.20 Å². The van der Waals surface area contributed by atoms with E-state index < -0.39 is 5.97 Å². The van der Waals surface area contributed by atoms with Gasteiger partial charge in [0.1, 0.15) is 5.69 Å². The first-order valence-electron chi connectivity index (χ1n) is 7.86. The second-order valence-electron chi connectivity index (χ2n) is 5.33. The SMILES string of the molecule is CCN(CC)C(=O)N1CCN(C(=O)c2cnc(C(=O)O)cn2)CC1. The first-order valence-corrected chi connectivity index (χ1v) is 7.86. The summed E-state index contributed by atoms with van der Waals surface area (Å²) in [6.45, 7) is 6.91. The van der Waals surface area contributed by atoms with E-state index in [1.54, 1.807) is 14.7 Å². The molecule has 2 rings (SSSR count). The number of hydrogen-bond acceptors (Lipinski definition) is 5. The van der Waals surface area contributed by atoms with Gasteiger partial charge in [0.05, 0.1) is 12.4 Å². The fourth-order valence-electron chi connectivity index (χ4n) is 2.51. The van der Waals surface area contributed by atoms with Gasteiger partial charge < -0.3 is 19.8 Å². The monoisotopic (exact) mass is 335 g/mol. The molecule has 1 aliphatic heterocycles. The third-order valence-electron chi connectivity index (χ3n) is 3.96. The number of aromatic nitrogens is 2. The minimum Gasteiger partial charge on any atom is -0.476 e. The Hall–Kier alpha value is -2.71. The molecule has 9 nitrogen and oxygen atoms in total. The van der Waals surface area contributed by atoms with Crippen LogP contribution in [0.4, 0.5) is 4.79 Å². The molecule has 9 heteroatoms.